The van der Waals surface area contributed by atoms with Crippen LogP contribution in [-0.2, 0) is 19.1 Å². The molecule has 0 saturated carbocycles. The van der Waals surface area contributed by atoms with Crippen molar-refractivity contribution in [2.45, 2.75) is 24.1 Å². The van der Waals surface area contributed by atoms with Gasteiger partial charge in [0.05, 0.1) is 11.9 Å². The molecular weight excluding hydrogens is 406 g/mol. The Balaban J connectivity index is 2.11. The number of ether oxygens (including phenoxy) is 1. The van der Waals surface area contributed by atoms with E-state index >= 15 is 0 Å². The zero-order valence-corrected chi connectivity index (χ0v) is 18.6. The van der Waals surface area contributed by atoms with Gasteiger partial charge in [-0.3, -0.25) is 4.79 Å². The van der Waals surface area contributed by atoms with Crippen LogP contribution in [0.1, 0.15) is 30.0 Å². The van der Waals surface area contributed by atoms with Crippen molar-refractivity contribution in [3.63, 3.8) is 0 Å². The van der Waals surface area contributed by atoms with Crippen LogP contribution in [-0.4, -0.2) is 30.8 Å². The van der Waals surface area contributed by atoms with Gasteiger partial charge in [0.2, 0.25) is 5.91 Å². The van der Waals surface area contributed by atoms with Crippen LogP contribution in [0.3, 0.4) is 0 Å². The number of thioether (sulfide) groups is 1. The molecule has 0 aliphatic heterocycles. The van der Waals surface area contributed by atoms with Crippen LogP contribution >= 0.6 is 11.8 Å². The highest BCUT2D eigenvalue weighted by Gasteiger charge is 2.38. The van der Waals surface area contributed by atoms with E-state index in [0.717, 1.165) is 16.7 Å². The Kier molecular flexibility index (Phi) is 7.90. The van der Waals surface area contributed by atoms with Crippen molar-refractivity contribution in [1.82, 2.24) is 5.32 Å². The summed E-state index contributed by atoms with van der Waals surface area (Å²) in [6, 6.07) is 30.0. The van der Waals surface area contributed by atoms with Crippen LogP contribution < -0.4 is 5.32 Å². The maximum atomic E-state index is 12.4. The van der Waals surface area contributed by atoms with Gasteiger partial charge in [0.25, 0.3) is 0 Å². The fourth-order valence-corrected chi connectivity index (χ4v) is 5.13. The Morgan fingerprint density at radius 2 is 1.26 bits per heavy atom. The van der Waals surface area contributed by atoms with E-state index in [2.05, 4.69) is 41.7 Å². The Morgan fingerprint density at radius 1 is 0.839 bits per heavy atom. The van der Waals surface area contributed by atoms with Crippen molar-refractivity contribution in [1.29, 1.82) is 0 Å². The lowest BCUT2D eigenvalue weighted by Crippen LogP contribution is -2.44. The van der Waals surface area contributed by atoms with Crippen LogP contribution in [0.15, 0.2) is 91.0 Å². The van der Waals surface area contributed by atoms with Crippen LogP contribution in [0.5, 0.6) is 0 Å². The maximum absolute atomic E-state index is 12.4. The largest absolute Gasteiger partial charge is 0.467 e. The Bertz CT molecular complexity index is 881. The van der Waals surface area contributed by atoms with E-state index in [4.69, 9.17) is 4.74 Å². The average Bonchev–Trinajstić information content (AvgIpc) is 2.85. The minimum atomic E-state index is -0.738. The molecule has 1 amide bonds. The van der Waals surface area contributed by atoms with E-state index < -0.39 is 16.8 Å². The molecule has 31 heavy (non-hydrogen) atoms. The smallest absolute Gasteiger partial charge is 0.329 e. The molecule has 0 aromatic heterocycles. The quantitative estimate of drug-likeness (QED) is 0.390. The molecule has 3 aromatic carbocycles. The van der Waals surface area contributed by atoms with Crippen molar-refractivity contribution < 1.29 is 14.3 Å². The second-order valence-electron chi connectivity index (χ2n) is 7.09. The number of hydrogen-bond donors (Lipinski definition) is 1. The molecule has 0 fully saturated rings. The minimum Gasteiger partial charge on any atom is -0.467 e. The molecule has 1 unspecified atom stereocenters. The molecule has 0 aliphatic carbocycles. The number of amides is 1. The molecule has 0 aliphatic rings. The van der Waals surface area contributed by atoms with Gasteiger partial charge >= 0.3 is 5.97 Å². The molecule has 0 heterocycles. The summed E-state index contributed by atoms with van der Waals surface area (Å²) in [5.41, 5.74) is 3.30. The molecule has 5 heteroatoms. The van der Waals surface area contributed by atoms with E-state index in [1.54, 1.807) is 18.7 Å². The van der Waals surface area contributed by atoms with E-state index in [0.29, 0.717) is 12.2 Å². The molecule has 3 aromatic rings. The second kappa shape index (κ2) is 10.8. The Morgan fingerprint density at radius 3 is 1.61 bits per heavy atom. The van der Waals surface area contributed by atoms with Gasteiger partial charge in [-0.1, -0.05) is 97.9 Å². The third kappa shape index (κ3) is 5.17. The summed E-state index contributed by atoms with van der Waals surface area (Å²) >= 11 is 1.62. The first-order chi connectivity index (χ1) is 15.1. The number of carbonyl (C=O) groups is 2. The molecule has 160 valence electrons. The van der Waals surface area contributed by atoms with Gasteiger partial charge in [0.15, 0.2) is 0 Å². The number of esters is 1. The van der Waals surface area contributed by atoms with Crippen molar-refractivity contribution in [2.24, 2.45) is 0 Å². The molecule has 1 N–H and O–H groups in total. The lowest BCUT2D eigenvalue weighted by atomic mass is 9.84. The Hall–Kier alpha value is -3.05. The summed E-state index contributed by atoms with van der Waals surface area (Å²) in [5.74, 6) is -0.269. The summed E-state index contributed by atoms with van der Waals surface area (Å²) in [7, 11) is 1.34. The predicted molar refractivity (Wildman–Crippen MR) is 126 cm³/mol. The third-order valence-corrected chi connectivity index (χ3v) is 6.79. The number of nitrogens with one attached hydrogen (secondary N) is 1. The molecule has 1 atom stereocenters. The number of carbonyl (C=O) groups excluding carboxylic acids is 2. The number of methoxy groups -OCH3 is 1. The number of hydrogen-bond acceptors (Lipinski definition) is 4. The van der Waals surface area contributed by atoms with Crippen LogP contribution in [0, 0.1) is 0 Å². The van der Waals surface area contributed by atoms with Gasteiger partial charge in [-0.05, 0) is 16.7 Å². The lowest BCUT2D eigenvalue weighted by Gasteiger charge is -2.36. The van der Waals surface area contributed by atoms with Crippen LogP contribution in [0.2, 0.25) is 0 Å². The summed E-state index contributed by atoms with van der Waals surface area (Å²) in [6.45, 7) is 1.76. The fourth-order valence-electron chi connectivity index (χ4n) is 3.58. The van der Waals surface area contributed by atoms with Crippen LogP contribution in [0.4, 0.5) is 0 Å². The van der Waals surface area contributed by atoms with Crippen molar-refractivity contribution in [2.75, 3.05) is 12.9 Å². The van der Waals surface area contributed by atoms with Crippen molar-refractivity contribution >= 4 is 23.6 Å². The van der Waals surface area contributed by atoms with E-state index in [1.807, 2.05) is 54.6 Å². The predicted octanol–water partition coefficient (Wildman–Crippen LogP) is 4.78. The minimum absolute atomic E-state index is 0.180. The normalized spacial score (nSPS) is 12.1. The maximum Gasteiger partial charge on any atom is 0.329 e. The monoisotopic (exact) mass is 433 g/mol. The Labute approximate surface area is 188 Å². The summed E-state index contributed by atoms with van der Waals surface area (Å²) < 4.78 is 4.41. The summed E-state index contributed by atoms with van der Waals surface area (Å²) in [6.07, 6.45) is 0.305. The van der Waals surface area contributed by atoms with Gasteiger partial charge in [-0.15, -0.1) is 11.8 Å². The standard InChI is InChI=1S/C26H27NO3S/c1-3-24(28)27-23(25(29)30-2)19-31-26(20-13-7-4-8-14-20,21-15-9-5-10-16-21)22-17-11-6-12-18-22/h4-18,23H,3,19H2,1-2H3,(H,27,28). The second-order valence-corrected chi connectivity index (χ2v) is 8.32. The molecule has 0 saturated heterocycles. The summed E-state index contributed by atoms with van der Waals surface area (Å²) in [4.78, 5) is 24.5. The van der Waals surface area contributed by atoms with Gasteiger partial charge in [0, 0.05) is 12.2 Å². The zero-order chi connectivity index (χ0) is 22.1. The molecule has 4 nitrogen and oxygen atoms in total. The first-order valence-corrected chi connectivity index (χ1v) is 11.3. The van der Waals surface area contributed by atoms with Gasteiger partial charge < -0.3 is 10.1 Å². The number of benzene rings is 3. The van der Waals surface area contributed by atoms with Gasteiger partial charge in [-0.2, -0.15) is 0 Å². The lowest BCUT2D eigenvalue weighted by molar-refractivity contribution is -0.144. The van der Waals surface area contributed by atoms with Crippen molar-refractivity contribution in [3.8, 4) is 0 Å². The van der Waals surface area contributed by atoms with Crippen molar-refractivity contribution in [3.05, 3.63) is 108 Å². The summed E-state index contributed by atoms with van der Waals surface area (Å²) in [5, 5.41) is 2.81. The first-order valence-electron chi connectivity index (χ1n) is 10.3. The highest BCUT2D eigenvalue weighted by atomic mass is 32.2. The topological polar surface area (TPSA) is 55.4 Å². The van der Waals surface area contributed by atoms with E-state index in [-0.39, 0.29) is 5.91 Å². The van der Waals surface area contributed by atoms with Gasteiger partial charge in [-0.25, -0.2) is 4.79 Å². The third-order valence-electron chi connectivity index (χ3n) is 5.15. The molecular formula is C26H27NO3S. The SMILES string of the molecule is CCC(=O)NC(CSC(c1ccccc1)(c1ccccc1)c1ccccc1)C(=O)OC. The molecule has 0 spiro atoms. The van der Waals surface area contributed by atoms with Gasteiger partial charge in [0.1, 0.15) is 6.04 Å². The van der Waals surface area contributed by atoms with E-state index in [9.17, 15) is 9.59 Å². The molecule has 0 radical (unpaired) electrons. The van der Waals surface area contributed by atoms with Crippen LogP contribution in [0.25, 0.3) is 0 Å². The van der Waals surface area contributed by atoms with E-state index in [1.165, 1.54) is 7.11 Å². The molecule has 0 bridgehead atoms. The zero-order valence-electron chi connectivity index (χ0n) is 17.8. The highest BCUT2D eigenvalue weighted by molar-refractivity contribution is 8.00. The fraction of sp³-hybridized carbons (Fsp3) is 0.231. The average molecular weight is 434 g/mol. The first kappa shape index (κ1) is 22.6. The highest BCUT2D eigenvalue weighted by Crippen LogP contribution is 2.48. The number of rotatable bonds is 9. The molecule has 3 rings (SSSR count).